The lowest BCUT2D eigenvalue weighted by Crippen LogP contribution is -2.09. The molecule has 4 nitrogen and oxygen atoms in total. The van der Waals surface area contributed by atoms with E-state index >= 15 is 0 Å². The van der Waals surface area contributed by atoms with Gasteiger partial charge in [0.2, 0.25) is 0 Å². The lowest BCUT2D eigenvalue weighted by Gasteiger charge is -2.20. The Kier molecular flexibility index (Phi) is 5.02. The largest absolute Gasteiger partial charge is 0.484 e. The molecule has 0 amide bonds. The lowest BCUT2D eigenvalue weighted by atomic mass is 10.1. The Hall–Kier alpha value is -2.25. The van der Waals surface area contributed by atoms with Crippen molar-refractivity contribution in [3.05, 3.63) is 52.7 Å². The molecule has 0 fully saturated rings. The lowest BCUT2D eigenvalue weighted by molar-refractivity contribution is 0.193. The van der Waals surface area contributed by atoms with Crippen LogP contribution in [0.3, 0.4) is 0 Å². The standard InChI is InChI=1S/C16H16ClN3O/c1-2-3-14(11-6-7-20-16(19)8-11)21-15-9-13(17)5-4-12(15)10-18/h4-9,14H,2-3H2,1H3,(H2,19,20). The highest BCUT2D eigenvalue weighted by Gasteiger charge is 2.15. The quantitative estimate of drug-likeness (QED) is 0.902. The summed E-state index contributed by atoms with van der Waals surface area (Å²) in [5, 5.41) is 9.70. The van der Waals surface area contributed by atoms with Crippen molar-refractivity contribution in [1.82, 2.24) is 4.98 Å². The molecule has 2 N–H and O–H groups in total. The van der Waals surface area contributed by atoms with Gasteiger partial charge < -0.3 is 10.5 Å². The van der Waals surface area contributed by atoms with Gasteiger partial charge in [0, 0.05) is 17.3 Å². The molecule has 0 aliphatic carbocycles. The zero-order chi connectivity index (χ0) is 15.2. The summed E-state index contributed by atoms with van der Waals surface area (Å²) in [5.41, 5.74) is 7.12. The van der Waals surface area contributed by atoms with Gasteiger partial charge >= 0.3 is 0 Å². The molecule has 1 unspecified atom stereocenters. The zero-order valence-corrected chi connectivity index (χ0v) is 12.5. The number of nitrogens with zero attached hydrogens (tertiary/aromatic N) is 2. The minimum atomic E-state index is -0.189. The number of benzene rings is 1. The first-order valence-electron chi connectivity index (χ1n) is 6.71. The number of halogens is 1. The molecule has 21 heavy (non-hydrogen) atoms. The number of hydrogen-bond donors (Lipinski definition) is 1. The van der Waals surface area contributed by atoms with Crippen LogP contribution >= 0.6 is 11.6 Å². The van der Waals surface area contributed by atoms with Crippen LogP contribution in [0, 0.1) is 11.3 Å². The highest BCUT2D eigenvalue weighted by atomic mass is 35.5. The van der Waals surface area contributed by atoms with E-state index in [1.807, 2.05) is 6.07 Å². The molecule has 1 aromatic heterocycles. The van der Waals surface area contributed by atoms with Crippen molar-refractivity contribution in [3.63, 3.8) is 0 Å². The van der Waals surface area contributed by atoms with E-state index in [2.05, 4.69) is 18.0 Å². The van der Waals surface area contributed by atoms with Crippen molar-refractivity contribution >= 4 is 17.4 Å². The van der Waals surface area contributed by atoms with Gasteiger partial charge in [0.15, 0.2) is 0 Å². The topological polar surface area (TPSA) is 71.9 Å². The van der Waals surface area contributed by atoms with Gasteiger partial charge in [0.1, 0.15) is 23.7 Å². The second-order valence-electron chi connectivity index (χ2n) is 4.66. The predicted octanol–water partition coefficient (Wildman–Crippen LogP) is 4.11. The summed E-state index contributed by atoms with van der Waals surface area (Å²) in [4.78, 5) is 3.99. The maximum Gasteiger partial charge on any atom is 0.139 e. The maximum absolute atomic E-state index is 9.16. The Morgan fingerprint density at radius 1 is 1.38 bits per heavy atom. The second kappa shape index (κ2) is 6.96. The molecule has 5 heteroatoms. The third-order valence-electron chi connectivity index (χ3n) is 3.06. The summed E-state index contributed by atoms with van der Waals surface area (Å²) in [6, 6.07) is 10.8. The van der Waals surface area contributed by atoms with Gasteiger partial charge in [-0.05, 0) is 36.2 Å². The summed E-state index contributed by atoms with van der Waals surface area (Å²) in [6.07, 6.45) is 3.21. The molecular weight excluding hydrogens is 286 g/mol. The third kappa shape index (κ3) is 3.87. The second-order valence-corrected chi connectivity index (χ2v) is 5.10. The number of aromatic nitrogens is 1. The van der Waals surface area contributed by atoms with Gasteiger partial charge in [-0.25, -0.2) is 4.98 Å². The van der Waals surface area contributed by atoms with E-state index in [4.69, 9.17) is 27.3 Å². The van der Waals surface area contributed by atoms with Crippen LogP contribution in [0.15, 0.2) is 36.5 Å². The SMILES string of the molecule is CCCC(Oc1cc(Cl)ccc1C#N)c1ccnc(N)c1. The molecule has 0 saturated carbocycles. The Bertz CT molecular complexity index is 667. The van der Waals surface area contributed by atoms with Crippen LogP contribution in [-0.4, -0.2) is 4.98 Å². The summed E-state index contributed by atoms with van der Waals surface area (Å²) in [7, 11) is 0. The van der Waals surface area contributed by atoms with Crippen LogP contribution in [0.25, 0.3) is 0 Å². The van der Waals surface area contributed by atoms with E-state index in [1.54, 1.807) is 30.5 Å². The first kappa shape index (κ1) is 15.1. The van der Waals surface area contributed by atoms with Crippen molar-refractivity contribution in [1.29, 1.82) is 5.26 Å². The van der Waals surface area contributed by atoms with E-state index in [0.29, 0.717) is 22.2 Å². The first-order chi connectivity index (χ1) is 10.1. The number of anilines is 1. The number of pyridine rings is 1. The highest BCUT2D eigenvalue weighted by Crippen LogP contribution is 2.30. The van der Waals surface area contributed by atoms with E-state index < -0.39 is 0 Å². The number of nitrogen functional groups attached to an aromatic ring is 1. The van der Waals surface area contributed by atoms with Gasteiger partial charge in [-0.2, -0.15) is 5.26 Å². The number of ether oxygens (including phenoxy) is 1. The van der Waals surface area contributed by atoms with Crippen LogP contribution in [0.4, 0.5) is 5.82 Å². The van der Waals surface area contributed by atoms with Gasteiger partial charge in [0.05, 0.1) is 5.56 Å². The molecule has 1 heterocycles. The smallest absolute Gasteiger partial charge is 0.139 e. The minimum Gasteiger partial charge on any atom is -0.484 e. The molecule has 2 aromatic rings. The van der Waals surface area contributed by atoms with Crippen molar-refractivity contribution in [3.8, 4) is 11.8 Å². The fourth-order valence-corrected chi connectivity index (χ4v) is 2.22. The maximum atomic E-state index is 9.16. The summed E-state index contributed by atoms with van der Waals surface area (Å²) in [6.45, 7) is 2.07. The van der Waals surface area contributed by atoms with Crippen LogP contribution in [0.2, 0.25) is 5.02 Å². The average molecular weight is 302 g/mol. The highest BCUT2D eigenvalue weighted by molar-refractivity contribution is 6.30. The van der Waals surface area contributed by atoms with E-state index in [9.17, 15) is 0 Å². The zero-order valence-electron chi connectivity index (χ0n) is 11.7. The number of rotatable bonds is 5. The van der Waals surface area contributed by atoms with Gasteiger partial charge in [-0.1, -0.05) is 24.9 Å². The summed E-state index contributed by atoms with van der Waals surface area (Å²) < 4.78 is 6.01. The molecule has 0 aliphatic heterocycles. The third-order valence-corrected chi connectivity index (χ3v) is 3.30. The van der Waals surface area contributed by atoms with Crippen LogP contribution in [0.1, 0.15) is 37.0 Å². The summed E-state index contributed by atoms with van der Waals surface area (Å²) in [5.74, 6) is 0.933. The Labute approximate surface area is 129 Å². The molecule has 0 bridgehead atoms. The molecule has 2 rings (SSSR count). The van der Waals surface area contributed by atoms with Crippen molar-refractivity contribution in [2.45, 2.75) is 25.9 Å². The molecular formula is C16H16ClN3O. The Morgan fingerprint density at radius 2 is 2.19 bits per heavy atom. The molecule has 0 saturated heterocycles. The van der Waals surface area contributed by atoms with Gasteiger partial charge in [-0.3, -0.25) is 0 Å². The number of nitrogens with two attached hydrogens (primary N) is 1. The normalized spacial score (nSPS) is 11.7. The number of hydrogen-bond acceptors (Lipinski definition) is 4. The van der Waals surface area contributed by atoms with Crippen molar-refractivity contribution in [2.24, 2.45) is 0 Å². The summed E-state index contributed by atoms with van der Waals surface area (Å²) >= 11 is 5.99. The minimum absolute atomic E-state index is 0.189. The van der Waals surface area contributed by atoms with Crippen LogP contribution in [-0.2, 0) is 0 Å². The number of nitriles is 1. The van der Waals surface area contributed by atoms with Crippen molar-refractivity contribution < 1.29 is 4.74 Å². The molecule has 0 radical (unpaired) electrons. The van der Waals surface area contributed by atoms with Gasteiger partial charge in [0.25, 0.3) is 0 Å². The molecule has 108 valence electrons. The van der Waals surface area contributed by atoms with Crippen molar-refractivity contribution in [2.75, 3.05) is 5.73 Å². The fraction of sp³-hybridized carbons (Fsp3) is 0.250. The average Bonchev–Trinajstić information content (AvgIpc) is 2.47. The Balaban J connectivity index is 2.33. The Morgan fingerprint density at radius 3 is 2.86 bits per heavy atom. The van der Waals surface area contributed by atoms with E-state index in [-0.39, 0.29) is 6.10 Å². The first-order valence-corrected chi connectivity index (χ1v) is 7.09. The molecule has 0 aliphatic rings. The van der Waals surface area contributed by atoms with E-state index in [0.717, 1.165) is 18.4 Å². The monoisotopic (exact) mass is 301 g/mol. The fourth-order valence-electron chi connectivity index (χ4n) is 2.06. The van der Waals surface area contributed by atoms with Crippen LogP contribution < -0.4 is 10.5 Å². The molecule has 1 atom stereocenters. The van der Waals surface area contributed by atoms with E-state index in [1.165, 1.54) is 0 Å². The van der Waals surface area contributed by atoms with Gasteiger partial charge in [-0.15, -0.1) is 0 Å². The molecule has 1 aromatic carbocycles. The predicted molar refractivity (Wildman–Crippen MR) is 83.1 cm³/mol. The molecule has 0 spiro atoms. The van der Waals surface area contributed by atoms with Crippen LogP contribution in [0.5, 0.6) is 5.75 Å².